The number of anilines is 2. The summed E-state index contributed by atoms with van der Waals surface area (Å²) in [4.78, 5) is 37.1. The Balaban J connectivity index is 1.17. The van der Waals surface area contributed by atoms with Gasteiger partial charge in [0.1, 0.15) is 30.0 Å². The number of aliphatic hydroxyl groups is 1. The molecule has 0 aromatic carbocycles. The number of nitrogens with two attached hydrogens (primary N) is 1. The van der Waals surface area contributed by atoms with Crippen molar-refractivity contribution >= 4 is 23.6 Å². The van der Waals surface area contributed by atoms with Gasteiger partial charge in [-0.1, -0.05) is 12.1 Å². The molecule has 54 heavy (non-hydrogen) atoms. The van der Waals surface area contributed by atoms with E-state index in [4.69, 9.17) is 25.0 Å². The minimum Gasteiger partial charge on any atom is -0.461 e. The molecule has 0 radical (unpaired) electrons. The van der Waals surface area contributed by atoms with Crippen molar-refractivity contribution in [2.24, 2.45) is 5.92 Å². The summed E-state index contributed by atoms with van der Waals surface area (Å²) >= 11 is 0. The van der Waals surface area contributed by atoms with Gasteiger partial charge in [0, 0.05) is 62.8 Å². The highest BCUT2D eigenvalue weighted by Crippen LogP contribution is 2.46. The highest BCUT2D eigenvalue weighted by molar-refractivity contribution is 5.91. The molecule has 13 nitrogen and oxygen atoms in total. The molecule has 3 fully saturated rings. The first-order valence-corrected chi connectivity index (χ1v) is 18.4. The van der Waals surface area contributed by atoms with Crippen molar-refractivity contribution in [2.45, 2.75) is 102 Å². The summed E-state index contributed by atoms with van der Waals surface area (Å²) < 4.78 is 69.4. The van der Waals surface area contributed by atoms with E-state index >= 15 is 0 Å². The second-order valence-electron chi connectivity index (χ2n) is 15.9. The van der Waals surface area contributed by atoms with Gasteiger partial charge in [0.2, 0.25) is 11.7 Å². The lowest BCUT2D eigenvalue weighted by molar-refractivity contribution is -0.139. The van der Waals surface area contributed by atoms with Gasteiger partial charge in [0.15, 0.2) is 0 Å². The third kappa shape index (κ3) is 7.36. The van der Waals surface area contributed by atoms with E-state index < -0.39 is 35.0 Å². The Kier molecular flexibility index (Phi) is 9.86. The fourth-order valence-electron chi connectivity index (χ4n) is 8.71. The number of carbonyl (C=O) groups excluding carboxylic acids is 1. The van der Waals surface area contributed by atoms with Crippen LogP contribution in [0.25, 0.3) is 6.08 Å². The molecule has 1 aliphatic carbocycles. The smallest absolute Gasteiger partial charge is 0.418 e. The molecular weight excluding hydrogens is 710 g/mol. The number of aryl methyl sites for hydroxylation is 1. The van der Waals surface area contributed by atoms with E-state index in [2.05, 4.69) is 20.0 Å². The first-order valence-electron chi connectivity index (χ1n) is 18.4. The predicted molar refractivity (Wildman–Crippen MR) is 190 cm³/mol. The second-order valence-corrected chi connectivity index (χ2v) is 15.9. The van der Waals surface area contributed by atoms with E-state index in [1.807, 2.05) is 18.9 Å². The molecule has 7 rings (SSSR count). The molecule has 3 saturated heterocycles. The summed E-state index contributed by atoms with van der Waals surface area (Å²) in [5, 5.41) is 13.9. The summed E-state index contributed by atoms with van der Waals surface area (Å²) in [6, 6.07) is 1.18. The molecule has 5 atom stereocenters. The summed E-state index contributed by atoms with van der Waals surface area (Å²) in [5.74, 6) is -0.357. The number of rotatable bonds is 9. The molecule has 4 aliphatic rings. The number of nitrogens with zero attached hydrogens (tertiary/aromatic N) is 8. The van der Waals surface area contributed by atoms with Crippen molar-refractivity contribution in [3.05, 3.63) is 51.9 Å². The highest BCUT2D eigenvalue weighted by Gasteiger charge is 2.50. The number of likely N-dealkylation sites (tertiary alicyclic amines) is 1. The molecule has 3 aromatic rings. The summed E-state index contributed by atoms with van der Waals surface area (Å²) in [6.45, 7) is 8.55. The van der Waals surface area contributed by atoms with Gasteiger partial charge < -0.3 is 29.9 Å². The van der Waals surface area contributed by atoms with Gasteiger partial charge in [-0.25, -0.2) is 9.37 Å². The van der Waals surface area contributed by atoms with Crippen LogP contribution >= 0.6 is 0 Å². The molecule has 3 aromatic heterocycles. The molecule has 3 aliphatic heterocycles. The van der Waals surface area contributed by atoms with Crippen LogP contribution in [0.4, 0.5) is 29.2 Å². The van der Waals surface area contributed by atoms with E-state index in [-0.39, 0.29) is 65.7 Å². The van der Waals surface area contributed by atoms with Crippen LogP contribution in [0.3, 0.4) is 0 Å². The van der Waals surface area contributed by atoms with Crippen molar-refractivity contribution in [2.75, 3.05) is 50.5 Å². The van der Waals surface area contributed by atoms with Gasteiger partial charge in [-0.05, 0) is 77.0 Å². The Morgan fingerprint density at radius 1 is 1.19 bits per heavy atom. The lowest BCUT2D eigenvalue weighted by atomic mass is 9.75. The van der Waals surface area contributed by atoms with Gasteiger partial charge in [0.25, 0.3) is 5.89 Å². The Morgan fingerprint density at radius 3 is 2.69 bits per heavy atom. The highest BCUT2D eigenvalue weighted by atomic mass is 19.4. The van der Waals surface area contributed by atoms with Gasteiger partial charge >= 0.3 is 12.2 Å². The monoisotopic (exact) mass is 757 g/mol. The number of halogens is 4. The summed E-state index contributed by atoms with van der Waals surface area (Å²) in [5.41, 5.74) is 4.78. The zero-order valence-electron chi connectivity index (χ0n) is 31.2. The van der Waals surface area contributed by atoms with Gasteiger partial charge in [-0.2, -0.15) is 28.1 Å². The molecule has 0 bridgehead atoms. The molecule has 1 amide bonds. The average Bonchev–Trinajstić information content (AvgIpc) is 3.89. The van der Waals surface area contributed by atoms with Crippen molar-refractivity contribution in [3.8, 4) is 6.01 Å². The average molecular weight is 758 g/mol. The number of ether oxygens (including phenoxy) is 1. The van der Waals surface area contributed by atoms with Crippen molar-refractivity contribution in [3.63, 3.8) is 0 Å². The van der Waals surface area contributed by atoms with Crippen LogP contribution in [-0.2, 0) is 29.4 Å². The fourth-order valence-corrected chi connectivity index (χ4v) is 8.71. The van der Waals surface area contributed by atoms with E-state index in [9.17, 15) is 27.5 Å². The third-order valence-corrected chi connectivity index (χ3v) is 11.5. The van der Waals surface area contributed by atoms with E-state index in [1.54, 1.807) is 4.90 Å². The number of likely N-dealkylation sites (N-methyl/N-ethyl adjacent to an activating group) is 1. The number of alkyl halides is 4. The van der Waals surface area contributed by atoms with Crippen LogP contribution in [0.15, 0.2) is 16.7 Å². The molecule has 6 heterocycles. The topological polar surface area (TPSA) is 160 Å². The van der Waals surface area contributed by atoms with E-state index in [0.717, 1.165) is 24.9 Å². The van der Waals surface area contributed by atoms with Crippen molar-refractivity contribution in [1.29, 1.82) is 0 Å². The number of aromatic nitrogens is 5. The minimum atomic E-state index is -4.63. The normalized spacial score (nSPS) is 26.1. The zero-order chi connectivity index (χ0) is 38.7. The Hall–Kier alpha value is -4.38. The van der Waals surface area contributed by atoms with Crippen LogP contribution < -0.4 is 15.4 Å². The number of hydrogen-bond donors (Lipinski definition) is 2. The number of pyridine rings is 1. The maximum atomic E-state index is 14.6. The Bertz CT molecular complexity index is 1930. The van der Waals surface area contributed by atoms with Gasteiger partial charge in [0.05, 0.1) is 22.5 Å². The number of fused-ring (bicyclic) bond motifs is 2. The first-order chi connectivity index (χ1) is 25.4. The van der Waals surface area contributed by atoms with E-state index in [1.165, 1.54) is 39.0 Å². The summed E-state index contributed by atoms with van der Waals surface area (Å²) in [7, 11) is 1.89. The number of hydrogen-bond acceptors (Lipinski definition) is 12. The van der Waals surface area contributed by atoms with Crippen LogP contribution in [0.1, 0.15) is 92.2 Å². The Morgan fingerprint density at radius 2 is 1.96 bits per heavy atom. The number of nitrogen functional groups attached to an aromatic ring is 1. The molecule has 17 heteroatoms. The van der Waals surface area contributed by atoms with Gasteiger partial charge in [-0.3, -0.25) is 9.69 Å². The molecule has 3 N–H and O–H groups in total. The lowest BCUT2D eigenvalue weighted by Crippen LogP contribution is -2.43. The maximum Gasteiger partial charge on any atom is 0.418 e. The van der Waals surface area contributed by atoms with Crippen molar-refractivity contribution in [1.82, 2.24) is 34.9 Å². The zero-order valence-corrected chi connectivity index (χ0v) is 31.2. The molecule has 0 unspecified atom stereocenters. The third-order valence-electron chi connectivity index (χ3n) is 11.5. The van der Waals surface area contributed by atoms with Crippen LogP contribution in [0.5, 0.6) is 6.01 Å². The molecule has 292 valence electrons. The lowest BCUT2D eigenvalue weighted by Gasteiger charge is -2.36. The van der Waals surface area contributed by atoms with Gasteiger partial charge in [-0.15, -0.1) is 0 Å². The van der Waals surface area contributed by atoms with E-state index in [0.29, 0.717) is 50.4 Å². The number of carbonyl (C=O) groups is 1. The predicted octanol–water partition coefficient (Wildman–Crippen LogP) is 4.62. The minimum absolute atomic E-state index is 0.0179. The Labute approximate surface area is 311 Å². The quantitative estimate of drug-likeness (QED) is 0.231. The standard InChI is InChI=1S/C37H47F4N9O4/c1-20-13-25-26(15-24(20)31-30(37(39,40)41)21(2)14-27(42)44-31)43-34(53-19-36-10-6-11-50(36)17-22(38)16-36)46-32(25)48(5)23-9-12-49(18-23)29(51)8-7-28-45-33(47-54-28)35(3,4)52/h7-8,14,20,22-24,52H,6,9-13,15-19H2,1-5H3,(H2,42,44)/b8-7+/t20-,22+,23+,24-,36-/m0/s1. The fraction of sp³-hybridized carbons (Fsp3) is 0.622. The largest absolute Gasteiger partial charge is 0.461 e. The SMILES string of the molecule is Cc1cc(N)nc([C@H]2Cc3nc(OC[C@@]45CCCN4C[C@H](F)C5)nc(N(C)[C@@H]4CCN(C(=O)/C=C/c5nc(C(C)(C)O)no5)C4)c3C[C@@H]2C)c1C(F)(F)F. The first kappa shape index (κ1) is 37.9. The van der Waals surface area contributed by atoms with Crippen molar-refractivity contribution < 1.29 is 36.7 Å². The summed E-state index contributed by atoms with van der Waals surface area (Å²) in [6.07, 6.45) is 0.437. The van der Waals surface area contributed by atoms with Crippen LogP contribution in [-0.4, -0.2) is 103 Å². The second kappa shape index (κ2) is 14.0. The van der Waals surface area contributed by atoms with Crippen LogP contribution in [0.2, 0.25) is 0 Å². The van der Waals surface area contributed by atoms with Crippen LogP contribution in [0, 0.1) is 12.8 Å². The number of amides is 1. The molecular formula is C37H47F4N9O4. The molecule has 0 saturated carbocycles. The maximum absolute atomic E-state index is 14.6. The molecule has 0 spiro atoms.